The SMILES string of the molecule is CCN1CCN(C(=O)C(C)N2CCC(C(C)=O)(c3ccccc3)CC2)CC1. The average Bonchev–Trinajstić information content (AvgIpc) is 2.73. The highest BCUT2D eigenvalue weighted by atomic mass is 16.2. The lowest BCUT2D eigenvalue weighted by atomic mass is 9.70. The molecular weight excluding hydrogens is 338 g/mol. The average molecular weight is 372 g/mol. The Morgan fingerprint density at radius 1 is 1.00 bits per heavy atom. The van der Waals surface area contributed by atoms with E-state index in [1.807, 2.05) is 30.0 Å². The molecule has 0 saturated carbocycles. The molecule has 0 aliphatic carbocycles. The van der Waals surface area contributed by atoms with Gasteiger partial charge in [-0.25, -0.2) is 0 Å². The molecule has 2 heterocycles. The Balaban J connectivity index is 1.62. The lowest BCUT2D eigenvalue weighted by Crippen LogP contribution is -2.56. The van der Waals surface area contributed by atoms with Crippen LogP contribution in [-0.2, 0) is 15.0 Å². The van der Waals surface area contributed by atoms with Gasteiger partial charge in [-0.1, -0.05) is 37.3 Å². The molecule has 2 fully saturated rings. The summed E-state index contributed by atoms with van der Waals surface area (Å²) in [5, 5.41) is 0. The van der Waals surface area contributed by atoms with Crippen molar-refractivity contribution < 1.29 is 9.59 Å². The molecule has 27 heavy (non-hydrogen) atoms. The fourth-order valence-electron chi connectivity index (χ4n) is 4.60. The maximum Gasteiger partial charge on any atom is 0.239 e. The molecule has 2 aliphatic heterocycles. The lowest BCUT2D eigenvalue weighted by Gasteiger charge is -2.44. The van der Waals surface area contributed by atoms with Gasteiger partial charge in [0.05, 0.1) is 11.5 Å². The topological polar surface area (TPSA) is 43.9 Å². The first-order valence-corrected chi connectivity index (χ1v) is 10.3. The number of ketones is 1. The summed E-state index contributed by atoms with van der Waals surface area (Å²) in [6, 6.07) is 10.0. The predicted octanol–water partition coefficient (Wildman–Crippen LogP) is 2.16. The monoisotopic (exact) mass is 371 g/mol. The van der Waals surface area contributed by atoms with Gasteiger partial charge >= 0.3 is 0 Å². The summed E-state index contributed by atoms with van der Waals surface area (Å²) >= 11 is 0. The summed E-state index contributed by atoms with van der Waals surface area (Å²) in [5.74, 6) is 0.476. The second kappa shape index (κ2) is 8.53. The number of piperazine rings is 1. The van der Waals surface area contributed by atoms with Crippen LogP contribution in [0, 0.1) is 0 Å². The number of carbonyl (C=O) groups is 2. The number of likely N-dealkylation sites (tertiary alicyclic amines) is 1. The fraction of sp³-hybridized carbons (Fsp3) is 0.636. The number of Topliss-reactive ketones (excluding diaryl/α,β-unsaturated/α-hetero) is 1. The van der Waals surface area contributed by atoms with Gasteiger partial charge in [-0.3, -0.25) is 14.5 Å². The van der Waals surface area contributed by atoms with E-state index in [-0.39, 0.29) is 17.7 Å². The van der Waals surface area contributed by atoms with Gasteiger partial charge < -0.3 is 9.80 Å². The van der Waals surface area contributed by atoms with Gasteiger partial charge in [0.2, 0.25) is 5.91 Å². The molecule has 1 unspecified atom stereocenters. The third-order valence-corrected chi connectivity index (χ3v) is 6.69. The van der Waals surface area contributed by atoms with Gasteiger partial charge in [-0.2, -0.15) is 0 Å². The zero-order chi connectivity index (χ0) is 19.4. The largest absolute Gasteiger partial charge is 0.339 e. The Hall–Kier alpha value is -1.72. The quantitative estimate of drug-likeness (QED) is 0.796. The van der Waals surface area contributed by atoms with E-state index in [0.717, 1.165) is 64.2 Å². The highest BCUT2D eigenvalue weighted by Crippen LogP contribution is 2.37. The van der Waals surface area contributed by atoms with Crippen molar-refractivity contribution in [1.29, 1.82) is 0 Å². The first-order valence-electron chi connectivity index (χ1n) is 10.3. The Kier molecular flexibility index (Phi) is 6.33. The van der Waals surface area contributed by atoms with Crippen LogP contribution in [-0.4, -0.2) is 78.2 Å². The Labute approximate surface area is 163 Å². The van der Waals surface area contributed by atoms with E-state index in [0.29, 0.717) is 0 Å². The van der Waals surface area contributed by atoms with Crippen LogP contribution in [0.5, 0.6) is 0 Å². The highest BCUT2D eigenvalue weighted by Gasteiger charge is 2.42. The second-order valence-corrected chi connectivity index (χ2v) is 7.98. The zero-order valence-electron chi connectivity index (χ0n) is 17.0. The van der Waals surface area contributed by atoms with Gasteiger partial charge in [0, 0.05) is 39.3 Å². The minimum atomic E-state index is -0.396. The number of amides is 1. The van der Waals surface area contributed by atoms with Crippen LogP contribution in [0.1, 0.15) is 39.2 Å². The van der Waals surface area contributed by atoms with Crippen LogP contribution >= 0.6 is 0 Å². The maximum atomic E-state index is 13.0. The number of benzene rings is 1. The molecule has 148 valence electrons. The first-order chi connectivity index (χ1) is 13.0. The molecule has 5 nitrogen and oxygen atoms in total. The Bertz CT molecular complexity index is 645. The maximum absolute atomic E-state index is 13.0. The van der Waals surface area contributed by atoms with Crippen LogP contribution in [0.25, 0.3) is 0 Å². The van der Waals surface area contributed by atoms with Gasteiger partial charge in [0.1, 0.15) is 5.78 Å². The molecule has 5 heteroatoms. The summed E-state index contributed by atoms with van der Waals surface area (Å²) in [4.78, 5) is 32.2. The highest BCUT2D eigenvalue weighted by molar-refractivity contribution is 5.88. The van der Waals surface area contributed by atoms with Crippen LogP contribution in [0.3, 0.4) is 0 Å². The van der Waals surface area contributed by atoms with E-state index < -0.39 is 5.41 Å². The number of carbonyl (C=O) groups excluding carboxylic acids is 2. The molecule has 0 N–H and O–H groups in total. The molecule has 2 aliphatic rings. The van der Waals surface area contributed by atoms with Crippen LogP contribution in [0.4, 0.5) is 0 Å². The van der Waals surface area contributed by atoms with E-state index >= 15 is 0 Å². The van der Waals surface area contributed by atoms with E-state index in [4.69, 9.17) is 0 Å². The number of hydrogen-bond acceptors (Lipinski definition) is 4. The zero-order valence-corrected chi connectivity index (χ0v) is 17.0. The normalized spacial score (nSPS) is 22.4. The number of likely N-dealkylation sites (N-methyl/N-ethyl adjacent to an activating group) is 1. The van der Waals surface area contributed by atoms with E-state index in [2.05, 4.69) is 28.9 Å². The number of piperidine rings is 1. The molecule has 0 aromatic heterocycles. The van der Waals surface area contributed by atoms with Crippen LogP contribution < -0.4 is 0 Å². The standard InChI is InChI=1S/C22H33N3O2/c1-4-23-14-16-25(17-15-23)21(27)18(2)24-12-10-22(11-13-24,19(3)26)20-8-6-5-7-9-20/h5-9,18H,4,10-17H2,1-3H3. The van der Waals surface area contributed by atoms with Gasteiger partial charge in [-0.05, 0) is 38.8 Å². The van der Waals surface area contributed by atoms with Crippen molar-refractivity contribution >= 4 is 11.7 Å². The molecule has 0 bridgehead atoms. The third-order valence-electron chi connectivity index (χ3n) is 6.69. The van der Waals surface area contributed by atoms with Crippen LogP contribution in [0.15, 0.2) is 30.3 Å². The van der Waals surface area contributed by atoms with Crippen molar-refractivity contribution in [3.8, 4) is 0 Å². The molecule has 1 aromatic carbocycles. The molecule has 0 spiro atoms. The Morgan fingerprint density at radius 2 is 1.59 bits per heavy atom. The summed E-state index contributed by atoms with van der Waals surface area (Å²) in [6.07, 6.45) is 1.57. The lowest BCUT2D eigenvalue weighted by molar-refractivity contribution is -0.139. The third kappa shape index (κ3) is 4.09. The van der Waals surface area contributed by atoms with Gasteiger partial charge in [0.15, 0.2) is 0 Å². The summed E-state index contributed by atoms with van der Waals surface area (Å²) in [7, 11) is 0. The first kappa shape index (κ1) is 20.0. The molecule has 3 rings (SSSR count). The number of hydrogen-bond donors (Lipinski definition) is 0. The van der Waals surface area contributed by atoms with Crippen molar-refractivity contribution in [3.05, 3.63) is 35.9 Å². The minimum Gasteiger partial charge on any atom is -0.339 e. The predicted molar refractivity (Wildman–Crippen MR) is 108 cm³/mol. The molecule has 2 saturated heterocycles. The summed E-state index contributed by atoms with van der Waals surface area (Å²) in [6.45, 7) is 12.1. The minimum absolute atomic E-state index is 0.112. The van der Waals surface area contributed by atoms with Crippen molar-refractivity contribution in [2.45, 2.75) is 45.1 Å². The molecule has 1 atom stereocenters. The van der Waals surface area contributed by atoms with Crippen molar-refractivity contribution in [2.24, 2.45) is 0 Å². The van der Waals surface area contributed by atoms with Crippen molar-refractivity contribution in [3.63, 3.8) is 0 Å². The summed E-state index contributed by atoms with van der Waals surface area (Å²) < 4.78 is 0. The number of rotatable bonds is 5. The Morgan fingerprint density at radius 3 is 2.11 bits per heavy atom. The van der Waals surface area contributed by atoms with E-state index in [1.165, 1.54) is 0 Å². The van der Waals surface area contributed by atoms with Gasteiger partial charge in [-0.15, -0.1) is 0 Å². The molecule has 0 radical (unpaired) electrons. The van der Waals surface area contributed by atoms with Crippen LogP contribution in [0.2, 0.25) is 0 Å². The van der Waals surface area contributed by atoms with Gasteiger partial charge in [0.25, 0.3) is 0 Å². The fourth-order valence-corrected chi connectivity index (χ4v) is 4.60. The molecular formula is C22H33N3O2. The van der Waals surface area contributed by atoms with E-state index in [9.17, 15) is 9.59 Å². The smallest absolute Gasteiger partial charge is 0.239 e. The van der Waals surface area contributed by atoms with E-state index in [1.54, 1.807) is 6.92 Å². The second-order valence-electron chi connectivity index (χ2n) is 7.98. The molecule has 1 aromatic rings. The molecule has 1 amide bonds. The summed E-state index contributed by atoms with van der Waals surface area (Å²) in [5.41, 5.74) is 0.722. The number of nitrogens with zero attached hydrogens (tertiary/aromatic N) is 3. The van der Waals surface area contributed by atoms with Crippen molar-refractivity contribution in [2.75, 3.05) is 45.8 Å². The van der Waals surface area contributed by atoms with Crippen molar-refractivity contribution in [1.82, 2.24) is 14.7 Å².